The fourth-order valence-corrected chi connectivity index (χ4v) is 3.77. The predicted octanol–water partition coefficient (Wildman–Crippen LogP) is 4.19. The third-order valence-electron chi connectivity index (χ3n) is 4.13. The smallest absolute Gasteiger partial charge is 0.225 e. The molecule has 0 atom stereocenters. The fourth-order valence-electron chi connectivity index (χ4n) is 2.53. The zero-order chi connectivity index (χ0) is 20.1. The van der Waals surface area contributed by atoms with Gasteiger partial charge in [-0.3, -0.25) is 4.79 Å². The van der Waals surface area contributed by atoms with E-state index in [1.165, 1.54) is 0 Å². The highest BCUT2D eigenvalue weighted by atomic mass is 32.2. The molecular weight excluding hydrogens is 362 g/mol. The van der Waals surface area contributed by atoms with Crippen LogP contribution in [0.4, 0.5) is 5.69 Å². The van der Waals surface area contributed by atoms with Crippen molar-refractivity contribution in [3.05, 3.63) is 54.1 Å². The van der Waals surface area contributed by atoms with E-state index in [1.807, 2.05) is 19.1 Å². The molecule has 0 saturated heterocycles. The lowest BCUT2D eigenvalue weighted by Crippen LogP contribution is -2.17. The van der Waals surface area contributed by atoms with E-state index in [1.54, 1.807) is 36.4 Å². The summed E-state index contributed by atoms with van der Waals surface area (Å²) in [6.07, 6.45) is -0.101. The first kappa shape index (κ1) is 21.0. The summed E-state index contributed by atoms with van der Waals surface area (Å²) >= 11 is 0. The molecule has 0 aliphatic rings. The van der Waals surface area contributed by atoms with Gasteiger partial charge in [0.1, 0.15) is 5.75 Å². The summed E-state index contributed by atoms with van der Waals surface area (Å²) in [6, 6.07) is 13.8. The molecule has 1 amide bonds. The monoisotopic (exact) mass is 389 g/mol. The van der Waals surface area contributed by atoms with Crippen molar-refractivity contribution in [3.63, 3.8) is 0 Å². The molecule has 2 aromatic carbocycles. The predicted molar refractivity (Wildman–Crippen MR) is 108 cm³/mol. The number of ether oxygens (including phenoxy) is 1. The Balaban J connectivity index is 1.95. The van der Waals surface area contributed by atoms with Gasteiger partial charge < -0.3 is 10.1 Å². The van der Waals surface area contributed by atoms with Gasteiger partial charge in [0, 0.05) is 12.1 Å². The largest absolute Gasteiger partial charge is 0.494 e. The van der Waals surface area contributed by atoms with Crippen LogP contribution in [0.2, 0.25) is 0 Å². The number of hydrogen-bond acceptors (Lipinski definition) is 4. The third kappa shape index (κ3) is 6.10. The van der Waals surface area contributed by atoms with Crippen LogP contribution in [0.3, 0.4) is 0 Å². The molecule has 0 saturated carbocycles. The van der Waals surface area contributed by atoms with Gasteiger partial charge in [0.15, 0.2) is 9.84 Å². The van der Waals surface area contributed by atoms with Gasteiger partial charge in [0.2, 0.25) is 5.91 Å². The first-order chi connectivity index (χ1) is 12.6. The Morgan fingerprint density at radius 3 is 2.11 bits per heavy atom. The van der Waals surface area contributed by atoms with Gasteiger partial charge in [-0.25, -0.2) is 8.42 Å². The highest BCUT2D eigenvalue weighted by molar-refractivity contribution is 7.91. The second-order valence-corrected chi connectivity index (χ2v) is 9.46. The molecule has 1 N–H and O–H groups in total. The minimum absolute atomic E-state index is 0.0418. The van der Waals surface area contributed by atoms with Gasteiger partial charge in [0.25, 0.3) is 0 Å². The number of anilines is 1. The van der Waals surface area contributed by atoms with Crippen LogP contribution in [-0.2, 0) is 20.0 Å². The summed E-state index contributed by atoms with van der Waals surface area (Å²) < 4.78 is 30.3. The van der Waals surface area contributed by atoms with E-state index in [2.05, 4.69) is 26.1 Å². The second kappa shape index (κ2) is 8.57. The Labute approximate surface area is 161 Å². The van der Waals surface area contributed by atoms with Crippen molar-refractivity contribution in [1.82, 2.24) is 0 Å². The van der Waals surface area contributed by atoms with E-state index in [-0.39, 0.29) is 28.4 Å². The van der Waals surface area contributed by atoms with E-state index in [0.717, 1.165) is 11.3 Å². The van der Waals surface area contributed by atoms with Crippen LogP contribution >= 0.6 is 0 Å². The standard InChI is InChI=1S/C21H27NO4S/c1-5-26-18-10-8-17(9-11-18)22-20(23)14-15-27(24,25)19-12-6-16(7-13-19)21(2,3)4/h6-13H,5,14-15H2,1-4H3,(H,22,23). The first-order valence-electron chi connectivity index (χ1n) is 8.98. The van der Waals surface area contributed by atoms with Crippen LogP contribution in [0.15, 0.2) is 53.4 Å². The minimum Gasteiger partial charge on any atom is -0.494 e. The molecule has 27 heavy (non-hydrogen) atoms. The number of hydrogen-bond donors (Lipinski definition) is 1. The molecule has 0 radical (unpaired) electrons. The maximum absolute atomic E-state index is 12.5. The van der Waals surface area contributed by atoms with Gasteiger partial charge in [-0.2, -0.15) is 0 Å². The molecule has 0 spiro atoms. The lowest BCUT2D eigenvalue weighted by molar-refractivity contribution is -0.115. The van der Waals surface area contributed by atoms with Crippen LogP contribution in [-0.4, -0.2) is 26.7 Å². The SMILES string of the molecule is CCOc1ccc(NC(=O)CCS(=O)(=O)c2ccc(C(C)(C)C)cc2)cc1. The number of rotatable bonds is 7. The number of carbonyl (C=O) groups is 1. The van der Waals surface area contributed by atoms with Gasteiger partial charge in [-0.15, -0.1) is 0 Å². The molecule has 2 aromatic rings. The third-order valence-corrected chi connectivity index (χ3v) is 5.86. The Bertz CT molecular complexity index is 864. The molecule has 0 fully saturated rings. The van der Waals surface area contributed by atoms with Crippen molar-refractivity contribution in [2.24, 2.45) is 0 Å². The summed E-state index contributed by atoms with van der Waals surface area (Å²) in [5.74, 6) is 0.149. The zero-order valence-electron chi connectivity index (χ0n) is 16.3. The molecule has 0 heterocycles. The van der Waals surface area contributed by atoms with Crippen LogP contribution < -0.4 is 10.1 Å². The Kier molecular flexibility index (Phi) is 6.65. The van der Waals surface area contributed by atoms with Crippen LogP contribution in [0, 0.1) is 0 Å². The number of amides is 1. The Hall–Kier alpha value is -2.34. The molecule has 0 bridgehead atoms. The van der Waals surface area contributed by atoms with Crippen molar-refractivity contribution in [3.8, 4) is 5.75 Å². The summed E-state index contributed by atoms with van der Waals surface area (Å²) in [4.78, 5) is 12.3. The fraction of sp³-hybridized carbons (Fsp3) is 0.381. The maximum atomic E-state index is 12.5. The summed E-state index contributed by atoms with van der Waals surface area (Å²) in [6.45, 7) is 8.68. The van der Waals surface area contributed by atoms with E-state index >= 15 is 0 Å². The van der Waals surface area contributed by atoms with E-state index in [9.17, 15) is 13.2 Å². The summed E-state index contributed by atoms with van der Waals surface area (Å²) in [5, 5.41) is 2.71. The van der Waals surface area contributed by atoms with Gasteiger partial charge in [-0.1, -0.05) is 32.9 Å². The second-order valence-electron chi connectivity index (χ2n) is 7.35. The van der Waals surface area contributed by atoms with E-state index in [4.69, 9.17) is 4.74 Å². The molecule has 0 aliphatic heterocycles. The average Bonchev–Trinajstić information content (AvgIpc) is 2.61. The van der Waals surface area contributed by atoms with Crippen LogP contribution in [0.25, 0.3) is 0 Å². The molecule has 146 valence electrons. The lowest BCUT2D eigenvalue weighted by atomic mass is 9.87. The quantitative estimate of drug-likeness (QED) is 0.771. The lowest BCUT2D eigenvalue weighted by Gasteiger charge is -2.19. The molecule has 5 nitrogen and oxygen atoms in total. The van der Waals surface area contributed by atoms with Crippen molar-refractivity contribution in [2.45, 2.75) is 44.4 Å². The Morgan fingerprint density at radius 1 is 1.00 bits per heavy atom. The molecule has 2 rings (SSSR count). The molecule has 0 aliphatic carbocycles. The van der Waals surface area contributed by atoms with Crippen molar-refractivity contribution < 1.29 is 17.9 Å². The zero-order valence-corrected chi connectivity index (χ0v) is 17.1. The Morgan fingerprint density at radius 2 is 1.59 bits per heavy atom. The van der Waals surface area contributed by atoms with Gasteiger partial charge in [-0.05, 0) is 54.3 Å². The van der Waals surface area contributed by atoms with Crippen molar-refractivity contribution in [2.75, 3.05) is 17.7 Å². The number of benzene rings is 2. The highest BCUT2D eigenvalue weighted by Crippen LogP contribution is 2.24. The van der Waals surface area contributed by atoms with Gasteiger partial charge in [0.05, 0.1) is 17.3 Å². The molecule has 0 aromatic heterocycles. The molecular formula is C21H27NO4S. The summed E-state index contributed by atoms with van der Waals surface area (Å²) in [5.41, 5.74) is 1.63. The van der Waals surface area contributed by atoms with E-state index < -0.39 is 9.84 Å². The first-order valence-corrected chi connectivity index (χ1v) is 10.6. The summed E-state index contributed by atoms with van der Waals surface area (Å²) in [7, 11) is -3.50. The van der Waals surface area contributed by atoms with Gasteiger partial charge >= 0.3 is 0 Å². The number of carbonyl (C=O) groups excluding carboxylic acids is 1. The molecule has 6 heteroatoms. The normalized spacial score (nSPS) is 11.9. The minimum atomic E-state index is -3.50. The van der Waals surface area contributed by atoms with Crippen LogP contribution in [0.1, 0.15) is 39.7 Å². The highest BCUT2D eigenvalue weighted by Gasteiger charge is 2.19. The maximum Gasteiger partial charge on any atom is 0.225 e. The van der Waals surface area contributed by atoms with E-state index in [0.29, 0.717) is 12.3 Å². The van der Waals surface area contributed by atoms with Crippen molar-refractivity contribution in [1.29, 1.82) is 0 Å². The molecule has 0 unspecified atom stereocenters. The number of nitrogens with one attached hydrogen (secondary N) is 1. The van der Waals surface area contributed by atoms with Crippen LogP contribution in [0.5, 0.6) is 5.75 Å². The number of sulfone groups is 1. The topological polar surface area (TPSA) is 72.5 Å². The average molecular weight is 390 g/mol. The van der Waals surface area contributed by atoms with Crippen molar-refractivity contribution >= 4 is 21.4 Å².